The van der Waals surface area contributed by atoms with E-state index >= 15 is 0 Å². The Hall–Kier alpha value is -0.880. The monoisotopic (exact) mass is 240 g/mol. The molecule has 0 atom stereocenters. The molecule has 0 radical (unpaired) electrons. The predicted molar refractivity (Wildman–Crippen MR) is 59.4 cm³/mol. The van der Waals surface area contributed by atoms with E-state index in [1.54, 1.807) is 12.1 Å². The van der Waals surface area contributed by atoms with Crippen molar-refractivity contribution in [2.45, 2.75) is 19.8 Å². The minimum Gasteiger partial charge on any atom is -0.358 e. The number of rotatable bonds is 1. The fourth-order valence-electron chi connectivity index (χ4n) is 1.05. The maximum atomic E-state index is 8.50. The fraction of sp³-hybridized carbons (Fsp3) is 0.300. The number of hydrogen-bond acceptors (Lipinski definition) is 1. The number of halogens is 1. The van der Waals surface area contributed by atoms with E-state index in [-0.39, 0.29) is 7.43 Å². The van der Waals surface area contributed by atoms with Gasteiger partial charge in [0.25, 0.3) is 0 Å². The van der Waals surface area contributed by atoms with Crippen LogP contribution in [-0.4, -0.2) is 0 Å². The van der Waals surface area contributed by atoms with E-state index in [1.165, 1.54) is 5.56 Å². The highest BCUT2D eigenvalue weighted by Gasteiger charge is 2.10. The Bertz CT molecular complexity index is 326. The molecule has 1 rings (SSSR count). The molecule has 3 heteroatoms. The van der Waals surface area contributed by atoms with Crippen LogP contribution in [0.3, 0.4) is 0 Å². The molecule has 0 saturated heterocycles. The average molecular weight is 241 g/mol. The van der Waals surface area contributed by atoms with Crippen molar-refractivity contribution in [2.24, 2.45) is 0 Å². The second-order valence-electron chi connectivity index (χ2n) is 2.96. The molecule has 1 aromatic rings. The number of benzene rings is 1. The topological polar surface area (TPSA) is 28.1 Å². The summed E-state index contributed by atoms with van der Waals surface area (Å²) in [6.45, 7) is 4.24. The molecule has 0 aliphatic heterocycles. The molecule has 2 nitrogen and oxygen atoms in total. The van der Waals surface area contributed by atoms with Crippen molar-refractivity contribution in [1.82, 2.24) is 0 Å². The third-order valence-electron chi connectivity index (χ3n) is 1.72. The summed E-state index contributed by atoms with van der Waals surface area (Å²) in [5.41, 5.74) is 1.80. The summed E-state index contributed by atoms with van der Waals surface area (Å²) in [5.74, 6) is 0.479. The Kier molecular flexibility index (Phi) is 4.64. The number of diazo groups is 1. The molecule has 70 valence electrons. The summed E-state index contributed by atoms with van der Waals surface area (Å²) in [5, 5.41) is 8.50. The molecule has 0 bridgehead atoms. The van der Waals surface area contributed by atoms with E-state index in [2.05, 4.69) is 34.8 Å². The SMILES string of the molecule is CC(C)c1ccc([N+]#N)cc1Br.[CH3-]. The Morgan fingerprint density at radius 2 is 2.00 bits per heavy atom. The minimum absolute atomic E-state index is 0. The summed E-state index contributed by atoms with van der Waals surface area (Å²) in [6, 6.07) is 5.55. The fourth-order valence-corrected chi connectivity index (χ4v) is 1.87. The molecule has 0 amide bonds. The van der Waals surface area contributed by atoms with Crippen LogP contribution in [0.5, 0.6) is 0 Å². The number of nitrogens with zero attached hydrogens (tertiary/aromatic N) is 2. The normalized spacial score (nSPS) is 9.15. The Labute approximate surface area is 87.7 Å². The lowest BCUT2D eigenvalue weighted by atomic mass is 10.0. The van der Waals surface area contributed by atoms with Crippen LogP contribution < -0.4 is 0 Å². The molecule has 0 saturated carbocycles. The van der Waals surface area contributed by atoms with Gasteiger partial charge in [-0.25, -0.2) is 0 Å². The molecule has 0 aliphatic carbocycles. The van der Waals surface area contributed by atoms with Crippen molar-refractivity contribution in [2.75, 3.05) is 0 Å². The summed E-state index contributed by atoms with van der Waals surface area (Å²) >= 11 is 3.42. The highest BCUT2D eigenvalue weighted by atomic mass is 79.9. The predicted octanol–water partition coefficient (Wildman–Crippen LogP) is 4.51. The first-order valence-corrected chi connectivity index (χ1v) is 4.59. The Morgan fingerprint density at radius 1 is 1.38 bits per heavy atom. The van der Waals surface area contributed by atoms with Gasteiger partial charge in [0.2, 0.25) is 5.39 Å². The molecule has 0 fully saturated rings. The van der Waals surface area contributed by atoms with Crippen LogP contribution in [0, 0.1) is 12.8 Å². The van der Waals surface area contributed by atoms with Gasteiger partial charge < -0.3 is 7.43 Å². The van der Waals surface area contributed by atoms with Crippen LogP contribution in [0.2, 0.25) is 0 Å². The van der Waals surface area contributed by atoms with Crippen LogP contribution in [0.25, 0.3) is 4.98 Å². The molecular weight excluding hydrogens is 228 g/mol. The minimum atomic E-state index is 0. The van der Waals surface area contributed by atoms with Crippen molar-refractivity contribution in [1.29, 1.82) is 5.39 Å². The molecular formula is C10H13BrN2. The van der Waals surface area contributed by atoms with E-state index in [4.69, 9.17) is 5.39 Å². The molecule has 0 heterocycles. The number of hydrogen-bond donors (Lipinski definition) is 0. The Balaban J connectivity index is 0.00000144. The van der Waals surface area contributed by atoms with Gasteiger partial charge in [-0.1, -0.05) is 29.8 Å². The molecule has 0 spiro atoms. The maximum absolute atomic E-state index is 8.50. The Morgan fingerprint density at radius 3 is 2.38 bits per heavy atom. The zero-order valence-corrected chi connectivity index (χ0v) is 9.67. The van der Waals surface area contributed by atoms with E-state index in [0.29, 0.717) is 11.6 Å². The van der Waals surface area contributed by atoms with Crippen LogP contribution in [-0.2, 0) is 0 Å². The van der Waals surface area contributed by atoms with Crippen molar-refractivity contribution >= 4 is 21.6 Å². The summed E-state index contributed by atoms with van der Waals surface area (Å²) in [4.78, 5) is 3.10. The zero-order chi connectivity index (χ0) is 9.14. The zero-order valence-electron chi connectivity index (χ0n) is 8.08. The van der Waals surface area contributed by atoms with Gasteiger partial charge in [0, 0.05) is 16.6 Å². The van der Waals surface area contributed by atoms with Gasteiger partial charge in [-0.2, -0.15) is 0 Å². The van der Waals surface area contributed by atoms with Gasteiger partial charge in [-0.3, -0.25) is 0 Å². The lowest BCUT2D eigenvalue weighted by molar-refractivity contribution is 0.861. The van der Waals surface area contributed by atoms with Crippen LogP contribution in [0.4, 0.5) is 5.69 Å². The first-order chi connectivity index (χ1) is 5.65. The van der Waals surface area contributed by atoms with Crippen molar-refractivity contribution in [3.63, 3.8) is 0 Å². The van der Waals surface area contributed by atoms with Gasteiger partial charge in [-0.05, 0) is 17.5 Å². The maximum Gasteiger partial charge on any atom is 0.386 e. The van der Waals surface area contributed by atoms with Gasteiger partial charge in [0.1, 0.15) is 0 Å². The summed E-state index contributed by atoms with van der Waals surface area (Å²) in [6.07, 6.45) is 0. The van der Waals surface area contributed by atoms with Crippen LogP contribution in [0.15, 0.2) is 22.7 Å². The molecule has 0 aliphatic rings. The van der Waals surface area contributed by atoms with Gasteiger partial charge in [0.05, 0.1) is 0 Å². The largest absolute Gasteiger partial charge is 0.386 e. The summed E-state index contributed by atoms with van der Waals surface area (Å²) in [7, 11) is 0. The van der Waals surface area contributed by atoms with Gasteiger partial charge in [-0.15, -0.1) is 0 Å². The second kappa shape index (κ2) is 4.98. The first-order valence-electron chi connectivity index (χ1n) is 3.79. The van der Waals surface area contributed by atoms with Crippen molar-refractivity contribution < 1.29 is 0 Å². The molecule has 0 aromatic heterocycles. The lowest BCUT2D eigenvalue weighted by Crippen LogP contribution is -1.87. The third-order valence-corrected chi connectivity index (χ3v) is 2.41. The van der Waals surface area contributed by atoms with E-state index in [9.17, 15) is 0 Å². The van der Waals surface area contributed by atoms with E-state index in [1.807, 2.05) is 6.07 Å². The van der Waals surface area contributed by atoms with Crippen LogP contribution >= 0.6 is 15.9 Å². The van der Waals surface area contributed by atoms with Gasteiger partial charge >= 0.3 is 5.69 Å². The standard InChI is InChI=1S/C9H10BrN2.CH3/c1-6(2)8-4-3-7(12-11)5-9(8)10;/h3-6H,1-2H3;1H3/q+1;-1. The molecule has 1 aromatic carbocycles. The van der Waals surface area contributed by atoms with E-state index < -0.39 is 0 Å². The highest BCUT2D eigenvalue weighted by molar-refractivity contribution is 9.10. The van der Waals surface area contributed by atoms with Crippen molar-refractivity contribution in [3.05, 3.63) is 40.6 Å². The smallest absolute Gasteiger partial charge is 0.358 e. The molecule has 0 N–H and O–H groups in total. The van der Waals surface area contributed by atoms with Crippen LogP contribution in [0.1, 0.15) is 25.3 Å². The molecule has 0 unspecified atom stereocenters. The highest BCUT2D eigenvalue weighted by Crippen LogP contribution is 2.28. The third kappa shape index (κ3) is 2.82. The average Bonchev–Trinajstić information content (AvgIpc) is 2.03. The quantitative estimate of drug-likeness (QED) is 0.525. The lowest BCUT2D eigenvalue weighted by Gasteiger charge is -2.05. The molecule has 13 heavy (non-hydrogen) atoms. The van der Waals surface area contributed by atoms with Gasteiger partial charge in [0.15, 0.2) is 4.98 Å². The second-order valence-corrected chi connectivity index (χ2v) is 3.81. The van der Waals surface area contributed by atoms with E-state index in [0.717, 1.165) is 4.47 Å². The summed E-state index contributed by atoms with van der Waals surface area (Å²) < 4.78 is 0.993. The first kappa shape index (κ1) is 12.1. The van der Waals surface area contributed by atoms with Crippen molar-refractivity contribution in [3.8, 4) is 0 Å².